The summed E-state index contributed by atoms with van der Waals surface area (Å²) in [7, 11) is 0. The number of rotatable bonds is 3. The second-order valence-corrected chi connectivity index (χ2v) is 4.31. The number of nitrogens with one attached hydrogen (secondary N) is 1. The molecular weight excluding hydrogens is 245 g/mol. The highest BCUT2D eigenvalue weighted by Crippen LogP contribution is 2.21. The molecule has 19 heavy (non-hydrogen) atoms. The van der Waals surface area contributed by atoms with Gasteiger partial charge in [0.2, 0.25) is 0 Å². The molecule has 0 aliphatic heterocycles. The van der Waals surface area contributed by atoms with E-state index in [0.29, 0.717) is 12.4 Å². The fourth-order valence-electron chi connectivity index (χ4n) is 1.97. The van der Waals surface area contributed by atoms with E-state index in [1.807, 2.05) is 12.1 Å². The number of aromatic nitrogens is 1. The molecule has 1 aromatic heterocycles. The molecule has 0 unspecified atom stereocenters. The van der Waals surface area contributed by atoms with Crippen molar-refractivity contribution < 1.29 is 14.2 Å². The average Bonchev–Trinajstić information content (AvgIpc) is 2.78. The lowest BCUT2D eigenvalue weighted by Crippen LogP contribution is -1.95. The van der Waals surface area contributed by atoms with Crippen LogP contribution < -0.4 is 4.74 Å². The fourth-order valence-corrected chi connectivity index (χ4v) is 1.97. The van der Waals surface area contributed by atoms with E-state index in [1.54, 1.807) is 24.3 Å². The zero-order chi connectivity index (χ0) is 13.2. The van der Waals surface area contributed by atoms with Crippen LogP contribution in [0.2, 0.25) is 0 Å². The number of hydrogen-bond donors (Lipinski definition) is 2. The number of phenols is 1. The lowest BCUT2D eigenvalue weighted by Gasteiger charge is -2.04. The molecule has 0 atom stereocenters. The quantitative estimate of drug-likeness (QED) is 0.753. The van der Waals surface area contributed by atoms with E-state index < -0.39 is 0 Å². The van der Waals surface area contributed by atoms with Crippen molar-refractivity contribution >= 4 is 10.9 Å². The third-order valence-electron chi connectivity index (χ3n) is 2.85. The zero-order valence-electron chi connectivity index (χ0n) is 10.1. The molecule has 0 spiro atoms. The highest BCUT2D eigenvalue weighted by Gasteiger charge is 2.03. The predicted molar refractivity (Wildman–Crippen MR) is 70.7 cm³/mol. The number of hydrogen-bond acceptors (Lipinski definition) is 2. The Morgan fingerprint density at radius 3 is 2.84 bits per heavy atom. The van der Waals surface area contributed by atoms with Crippen molar-refractivity contribution in [1.82, 2.24) is 4.98 Å². The molecule has 2 N–H and O–H groups in total. The van der Waals surface area contributed by atoms with Crippen molar-refractivity contribution in [2.75, 3.05) is 0 Å². The minimum atomic E-state index is -0.320. The highest BCUT2D eigenvalue weighted by atomic mass is 19.1. The van der Waals surface area contributed by atoms with Crippen LogP contribution in [0.25, 0.3) is 10.9 Å². The van der Waals surface area contributed by atoms with Crippen LogP contribution in [-0.2, 0) is 6.61 Å². The number of H-pyrrole nitrogens is 1. The maximum atomic E-state index is 13.0. The predicted octanol–water partition coefficient (Wildman–Crippen LogP) is 3.59. The van der Waals surface area contributed by atoms with Gasteiger partial charge in [0.15, 0.2) is 0 Å². The Kier molecular flexibility index (Phi) is 2.83. The molecule has 1 heterocycles. The Labute approximate surface area is 109 Å². The molecule has 2 aromatic carbocycles. The molecule has 0 aliphatic carbocycles. The largest absolute Gasteiger partial charge is 0.508 e. The van der Waals surface area contributed by atoms with Gasteiger partial charge < -0.3 is 14.8 Å². The molecule has 0 fully saturated rings. The molecule has 0 amide bonds. The van der Waals surface area contributed by atoms with Gasteiger partial charge in [0, 0.05) is 23.0 Å². The second-order valence-electron chi connectivity index (χ2n) is 4.31. The summed E-state index contributed by atoms with van der Waals surface area (Å²) in [6.45, 7) is 0.318. The molecule has 0 saturated carbocycles. The molecule has 0 radical (unpaired) electrons. The lowest BCUT2D eigenvalue weighted by molar-refractivity contribution is 0.301. The molecule has 0 aliphatic rings. The van der Waals surface area contributed by atoms with Gasteiger partial charge in [-0.2, -0.15) is 0 Å². The van der Waals surface area contributed by atoms with Crippen molar-refractivity contribution in [2.24, 2.45) is 0 Å². The third kappa shape index (κ3) is 2.52. The Hall–Kier alpha value is -2.49. The first-order valence-corrected chi connectivity index (χ1v) is 5.90. The monoisotopic (exact) mass is 257 g/mol. The van der Waals surface area contributed by atoms with Crippen molar-refractivity contribution in [3.63, 3.8) is 0 Å². The number of fused-ring (bicyclic) bond motifs is 1. The van der Waals surface area contributed by atoms with Crippen LogP contribution in [0.3, 0.4) is 0 Å². The maximum Gasteiger partial charge on any atom is 0.128 e. The number of aromatic amines is 1. The van der Waals surface area contributed by atoms with Crippen molar-refractivity contribution in [3.05, 3.63) is 60.0 Å². The summed E-state index contributed by atoms with van der Waals surface area (Å²) in [4.78, 5) is 3.14. The molecule has 3 rings (SSSR count). The second kappa shape index (κ2) is 4.65. The number of halogens is 1. The molecule has 4 heteroatoms. The topological polar surface area (TPSA) is 45.2 Å². The van der Waals surface area contributed by atoms with Gasteiger partial charge in [0.1, 0.15) is 23.9 Å². The summed E-state index contributed by atoms with van der Waals surface area (Å²) >= 11 is 0. The highest BCUT2D eigenvalue weighted by molar-refractivity contribution is 5.81. The van der Waals surface area contributed by atoms with Gasteiger partial charge in [0.25, 0.3) is 0 Å². The third-order valence-corrected chi connectivity index (χ3v) is 2.85. The van der Waals surface area contributed by atoms with E-state index in [2.05, 4.69) is 4.98 Å². The van der Waals surface area contributed by atoms with Gasteiger partial charge >= 0.3 is 0 Å². The lowest BCUT2D eigenvalue weighted by atomic mass is 10.2. The average molecular weight is 257 g/mol. The standard InChI is InChI=1S/C15H12FNO2/c16-11-2-1-3-14(7-11)19-9-12-6-10-4-5-13(18)8-15(10)17-12/h1-8,17-18H,9H2. The summed E-state index contributed by atoms with van der Waals surface area (Å²) in [5.41, 5.74) is 1.71. The van der Waals surface area contributed by atoms with Gasteiger partial charge in [0.05, 0.1) is 5.69 Å². The summed E-state index contributed by atoms with van der Waals surface area (Å²) in [5, 5.41) is 10.4. The molecule has 3 aromatic rings. The van der Waals surface area contributed by atoms with E-state index in [1.165, 1.54) is 12.1 Å². The van der Waals surface area contributed by atoms with E-state index in [4.69, 9.17) is 4.74 Å². The van der Waals surface area contributed by atoms with Gasteiger partial charge in [-0.3, -0.25) is 0 Å². The van der Waals surface area contributed by atoms with Gasteiger partial charge in [-0.15, -0.1) is 0 Å². The Balaban J connectivity index is 1.78. The number of aromatic hydroxyl groups is 1. The fraction of sp³-hybridized carbons (Fsp3) is 0.0667. The van der Waals surface area contributed by atoms with Crippen molar-refractivity contribution in [1.29, 1.82) is 0 Å². The minimum absolute atomic E-state index is 0.215. The molecule has 0 saturated heterocycles. The summed E-state index contributed by atoms with van der Waals surface area (Å²) in [6, 6.07) is 13.1. The first-order valence-electron chi connectivity index (χ1n) is 5.90. The van der Waals surface area contributed by atoms with E-state index >= 15 is 0 Å². The van der Waals surface area contributed by atoms with E-state index in [9.17, 15) is 9.50 Å². The zero-order valence-corrected chi connectivity index (χ0v) is 10.1. The van der Waals surface area contributed by atoms with Gasteiger partial charge in [-0.1, -0.05) is 6.07 Å². The molecular formula is C15H12FNO2. The minimum Gasteiger partial charge on any atom is -0.508 e. The van der Waals surface area contributed by atoms with Crippen LogP contribution in [0.1, 0.15) is 5.69 Å². The molecule has 96 valence electrons. The van der Waals surface area contributed by atoms with Crippen LogP contribution in [-0.4, -0.2) is 10.1 Å². The SMILES string of the molecule is Oc1ccc2cc(COc3cccc(F)c3)[nH]c2c1. The van der Waals surface area contributed by atoms with Crippen LogP contribution in [0.4, 0.5) is 4.39 Å². The number of phenolic OH excluding ortho intramolecular Hbond substituents is 1. The number of benzene rings is 2. The van der Waals surface area contributed by atoms with E-state index in [0.717, 1.165) is 16.6 Å². The number of ether oxygens (including phenoxy) is 1. The normalized spacial score (nSPS) is 10.8. The van der Waals surface area contributed by atoms with Crippen molar-refractivity contribution in [3.8, 4) is 11.5 Å². The van der Waals surface area contributed by atoms with Crippen molar-refractivity contribution in [2.45, 2.75) is 6.61 Å². The first kappa shape index (κ1) is 11.6. The van der Waals surface area contributed by atoms with Gasteiger partial charge in [-0.25, -0.2) is 4.39 Å². The first-order chi connectivity index (χ1) is 9.20. The smallest absolute Gasteiger partial charge is 0.128 e. The summed E-state index contributed by atoms with van der Waals surface area (Å²) in [6.07, 6.45) is 0. The Morgan fingerprint density at radius 1 is 1.11 bits per heavy atom. The Bertz CT molecular complexity index is 721. The maximum absolute atomic E-state index is 13.0. The molecule has 0 bridgehead atoms. The van der Waals surface area contributed by atoms with Crippen LogP contribution in [0, 0.1) is 5.82 Å². The van der Waals surface area contributed by atoms with Gasteiger partial charge in [-0.05, 0) is 30.3 Å². The molecule has 3 nitrogen and oxygen atoms in total. The van der Waals surface area contributed by atoms with Crippen LogP contribution in [0.5, 0.6) is 11.5 Å². The summed E-state index contributed by atoms with van der Waals surface area (Å²) < 4.78 is 18.5. The van der Waals surface area contributed by atoms with Crippen LogP contribution in [0.15, 0.2) is 48.5 Å². The summed E-state index contributed by atoms with van der Waals surface area (Å²) in [5.74, 6) is 0.382. The van der Waals surface area contributed by atoms with Crippen LogP contribution >= 0.6 is 0 Å². The Morgan fingerprint density at radius 2 is 2.00 bits per heavy atom. The van der Waals surface area contributed by atoms with E-state index in [-0.39, 0.29) is 11.6 Å².